The third-order valence-electron chi connectivity index (χ3n) is 3.74. The first kappa shape index (κ1) is 26.7. The number of hydrogen-bond acceptors (Lipinski definition) is 2. The molecular weight excluding hydrogens is 421 g/mol. The molecule has 168 valence electrons. The Morgan fingerprint density at radius 2 is 1.07 bits per heavy atom. The number of carbonyl (C=O) groups excluding carboxylic acids is 1. The van der Waals surface area contributed by atoms with Crippen LogP contribution in [0.1, 0.15) is 58.3 Å². The number of carbonyl (C=O) groups is 1. The minimum Gasteiger partial charge on any atom is -0.396 e. The lowest BCUT2D eigenvalue weighted by atomic mass is 10.0. The zero-order valence-electron chi connectivity index (χ0n) is 14.6. The Kier molecular flexibility index (Phi) is 9.03. The van der Waals surface area contributed by atoms with E-state index in [1.54, 1.807) is 0 Å². The van der Waals surface area contributed by atoms with Gasteiger partial charge >= 0.3 is 36.0 Å². The van der Waals surface area contributed by atoms with Crippen LogP contribution >= 0.6 is 0 Å². The van der Waals surface area contributed by atoms with Gasteiger partial charge in [0.05, 0.1) is 0 Å². The predicted molar refractivity (Wildman–Crippen MR) is 74.5 cm³/mol. The lowest BCUT2D eigenvalue weighted by Gasteiger charge is -2.36. The van der Waals surface area contributed by atoms with Gasteiger partial charge in [-0.3, -0.25) is 4.79 Å². The highest BCUT2D eigenvalue weighted by Crippen LogP contribution is 2.57. The van der Waals surface area contributed by atoms with Gasteiger partial charge in [-0.15, -0.1) is 0 Å². The van der Waals surface area contributed by atoms with Gasteiger partial charge < -0.3 is 4.74 Å². The Labute approximate surface area is 153 Å². The number of alkyl halides is 11. The van der Waals surface area contributed by atoms with Crippen LogP contribution in [0.2, 0.25) is 0 Å². The number of hydrogen-bond donors (Lipinski definition) is 0. The van der Waals surface area contributed by atoms with Gasteiger partial charge in [0, 0.05) is 6.42 Å². The lowest BCUT2D eigenvalue weighted by Crippen LogP contribution is -2.67. The normalized spacial score (nSPS) is 14.3. The largest absolute Gasteiger partial charge is 0.473 e. The predicted octanol–water partition coefficient (Wildman–Crippen LogP) is 6.73. The van der Waals surface area contributed by atoms with Crippen molar-refractivity contribution in [1.29, 1.82) is 0 Å². The minimum absolute atomic E-state index is 0.151. The van der Waals surface area contributed by atoms with Crippen molar-refractivity contribution < 1.29 is 57.8 Å². The van der Waals surface area contributed by atoms with E-state index in [4.69, 9.17) is 0 Å². The van der Waals surface area contributed by atoms with Crippen molar-refractivity contribution >= 4 is 5.97 Å². The van der Waals surface area contributed by atoms with Crippen molar-refractivity contribution in [1.82, 2.24) is 0 Å². The monoisotopic (exact) mass is 440 g/mol. The number of esters is 1. The zero-order chi connectivity index (χ0) is 22.4. The van der Waals surface area contributed by atoms with Crippen LogP contribution in [-0.2, 0) is 9.53 Å². The van der Waals surface area contributed by atoms with E-state index in [1.807, 2.05) is 6.92 Å². The van der Waals surface area contributed by atoms with Gasteiger partial charge in [0.2, 0.25) is 0 Å². The molecule has 0 aliphatic heterocycles. The molecule has 0 atom stereocenters. The van der Waals surface area contributed by atoms with Crippen molar-refractivity contribution in [3.63, 3.8) is 0 Å². The molecule has 0 unspecified atom stereocenters. The van der Waals surface area contributed by atoms with Gasteiger partial charge in [0.1, 0.15) is 0 Å². The first-order valence-corrected chi connectivity index (χ1v) is 8.25. The average Bonchev–Trinajstić information content (AvgIpc) is 2.51. The molecule has 28 heavy (non-hydrogen) atoms. The van der Waals surface area contributed by atoms with Crippen molar-refractivity contribution in [3.8, 4) is 0 Å². The molecule has 0 N–H and O–H groups in total. The quantitative estimate of drug-likeness (QED) is 0.191. The van der Waals surface area contributed by atoms with E-state index in [1.165, 1.54) is 0 Å². The van der Waals surface area contributed by atoms with Crippen LogP contribution in [0.25, 0.3) is 0 Å². The summed E-state index contributed by atoms with van der Waals surface area (Å²) in [6.45, 7) is 1.94. The fraction of sp³-hybridized carbons (Fsp3) is 0.933. The molecule has 0 rings (SSSR count). The van der Waals surface area contributed by atoms with Gasteiger partial charge in [-0.2, -0.15) is 48.3 Å². The molecule has 0 aromatic heterocycles. The minimum atomic E-state index is -7.58. The maximum Gasteiger partial charge on any atom is 0.473 e. The number of unbranched alkanes of at least 4 members (excludes halogenated alkanes) is 6. The highest BCUT2D eigenvalue weighted by Gasteiger charge is 2.88. The molecule has 0 saturated heterocycles. The summed E-state index contributed by atoms with van der Waals surface area (Å²) in [5, 5.41) is 0. The second-order valence-corrected chi connectivity index (χ2v) is 6.08. The van der Waals surface area contributed by atoms with Crippen molar-refractivity contribution in [2.75, 3.05) is 0 Å². The Hall–Kier alpha value is -1.30. The second-order valence-electron chi connectivity index (χ2n) is 6.08. The summed E-state index contributed by atoms with van der Waals surface area (Å²) < 4.78 is 143. The molecule has 0 aromatic carbocycles. The van der Waals surface area contributed by atoms with Crippen molar-refractivity contribution in [2.24, 2.45) is 0 Å². The summed E-state index contributed by atoms with van der Waals surface area (Å²) in [4.78, 5) is 11.1. The molecule has 0 fully saturated rings. The summed E-state index contributed by atoms with van der Waals surface area (Å²) in [6, 6.07) is 0. The van der Waals surface area contributed by atoms with Crippen LogP contribution in [-0.4, -0.2) is 36.0 Å². The van der Waals surface area contributed by atoms with Crippen molar-refractivity contribution in [2.45, 2.75) is 88.3 Å². The van der Waals surface area contributed by atoms with E-state index >= 15 is 0 Å². The van der Waals surface area contributed by atoms with E-state index in [0.29, 0.717) is 6.42 Å². The molecule has 0 heterocycles. The molecule has 0 aliphatic carbocycles. The highest BCUT2D eigenvalue weighted by molar-refractivity contribution is 5.69. The van der Waals surface area contributed by atoms with Crippen LogP contribution in [0.15, 0.2) is 0 Å². The SMILES string of the molecule is CCCCCCCCCC(=O)OC(F)(F)C(F)(F)C(F)(F)C(F)(F)C(F)(F)F. The Balaban J connectivity index is 4.95. The summed E-state index contributed by atoms with van der Waals surface area (Å²) in [6.07, 6.45) is -10.6. The van der Waals surface area contributed by atoms with Gasteiger partial charge in [-0.05, 0) is 6.42 Å². The molecule has 2 nitrogen and oxygen atoms in total. The fourth-order valence-electron chi connectivity index (χ4n) is 2.04. The third kappa shape index (κ3) is 5.85. The number of halogens is 11. The Morgan fingerprint density at radius 1 is 0.643 bits per heavy atom. The highest BCUT2D eigenvalue weighted by atomic mass is 19.4. The van der Waals surface area contributed by atoms with Gasteiger partial charge in [-0.25, -0.2) is 0 Å². The van der Waals surface area contributed by atoms with Gasteiger partial charge in [0.15, 0.2) is 0 Å². The molecule has 0 spiro atoms. The number of rotatable bonds is 12. The maximum absolute atomic E-state index is 13.2. The van der Waals surface area contributed by atoms with E-state index < -0.39 is 42.4 Å². The van der Waals surface area contributed by atoms with Gasteiger partial charge in [0.25, 0.3) is 0 Å². The van der Waals surface area contributed by atoms with Crippen LogP contribution in [0.3, 0.4) is 0 Å². The standard InChI is InChI=1S/C15H19F11O2/c1-2-3-4-5-6-7-8-9-10(27)28-15(25,26)13(20,21)11(16,17)12(18,19)14(22,23)24/h2-9H2,1H3. The molecule has 0 aromatic rings. The molecule has 13 heteroatoms. The van der Waals surface area contributed by atoms with Crippen LogP contribution in [0, 0.1) is 0 Å². The van der Waals surface area contributed by atoms with Crippen molar-refractivity contribution in [3.05, 3.63) is 0 Å². The van der Waals surface area contributed by atoms with E-state index in [2.05, 4.69) is 4.74 Å². The smallest absolute Gasteiger partial charge is 0.396 e. The van der Waals surface area contributed by atoms with E-state index in [0.717, 1.165) is 25.7 Å². The van der Waals surface area contributed by atoms with Crippen LogP contribution in [0.5, 0.6) is 0 Å². The lowest BCUT2D eigenvalue weighted by molar-refractivity contribution is -0.449. The van der Waals surface area contributed by atoms with E-state index in [9.17, 15) is 53.1 Å². The fourth-order valence-corrected chi connectivity index (χ4v) is 2.04. The summed E-state index contributed by atoms with van der Waals surface area (Å²) in [5.41, 5.74) is 0. The first-order chi connectivity index (χ1) is 12.5. The summed E-state index contributed by atoms with van der Waals surface area (Å²) in [7, 11) is 0. The van der Waals surface area contributed by atoms with E-state index in [-0.39, 0.29) is 12.8 Å². The molecular formula is C15H19F11O2. The third-order valence-corrected chi connectivity index (χ3v) is 3.74. The summed E-state index contributed by atoms with van der Waals surface area (Å²) >= 11 is 0. The van der Waals surface area contributed by atoms with Crippen LogP contribution < -0.4 is 0 Å². The molecule has 0 aliphatic rings. The second kappa shape index (κ2) is 9.47. The maximum atomic E-state index is 13.2. The summed E-state index contributed by atoms with van der Waals surface area (Å²) in [5.74, 6) is -24.5. The number of ether oxygens (including phenoxy) is 1. The molecule has 0 bridgehead atoms. The molecule has 0 amide bonds. The first-order valence-electron chi connectivity index (χ1n) is 8.25. The Bertz CT molecular complexity index is 501. The average molecular weight is 440 g/mol. The Morgan fingerprint density at radius 3 is 1.50 bits per heavy atom. The topological polar surface area (TPSA) is 26.3 Å². The zero-order valence-corrected chi connectivity index (χ0v) is 14.6. The van der Waals surface area contributed by atoms with Gasteiger partial charge in [-0.1, -0.05) is 45.4 Å². The molecule has 0 radical (unpaired) electrons. The molecule has 0 saturated carbocycles. The van der Waals surface area contributed by atoms with Crippen LogP contribution in [0.4, 0.5) is 48.3 Å².